The van der Waals surface area contributed by atoms with E-state index in [2.05, 4.69) is 19.2 Å². The molecule has 0 aromatic carbocycles. The van der Waals surface area contributed by atoms with Crippen LogP contribution in [0.15, 0.2) is 0 Å². The van der Waals surface area contributed by atoms with Crippen LogP contribution in [0.3, 0.4) is 0 Å². The van der Waals surface area contributed by atoms with Crippen molar-refractivity contribution < 1.29 is 4.74 Å². The van der Waals surface area contributed by atoms with Crippen LogP contribution >= 0.6 is 0 Å². The van der Waals surface area contributed by atoms with Crippen LogP contribution in [0.25, 0.3) is 0 Å². The van der Waals surface area contributed by atoms with Gasteiger partial charge in [0.25, 0.3) is 0 Å². The highest BCUT2D eigenvalue weighted by molar-refractivity contribution is 4.78. The van der Waals surface area contributed by atoms with Gasteiger partial charge >= 0.3 is 0 Å². The highest BCUT2D eigenvalue weighted by Crippen LogP contribution is 2.20. The van der Waals surface area contributed by atoms with Gasteiger partial charge < -0.3 is 10.1 Å². The zero-order valence-electron chi connectivity index (χ0n) is 9.88. The van der Waals surface area contributed by atoms with E-state index in [1.54, 1.807) is 0 Å². The first-order valence-electron chi connectivity index (χ1n) is 6.02. The third-order valence-corrected chi connectivity index (χ3v) is 3.41. The lowest BCUT2D eigenvalue weighted by molar-refractivity contribution is 0.0583. The molecule has 3 unspecified atom stereocenters. The van der Waals surface area contributed by atoms with Crippen molar-refractivity contribution in [3.8, 4) is 0 Å². The fraction of sp³-hybridized carbons (Fsp3) is 1.00. The molecule has 0 aliphatic heterocycles. The Hall–Kier alpha value is -0.0800. The lowest BCUT2D eigenvalue weighted by Crippen LogP contribution is -2.38. The molecular formula is C12H25NO. The molecule has 0 aromatic rings. The number of hydrogen-bond acceptors (Lipinski definition) is 2. The summed E-state index contributed by atoms with van der Waals surface area (Å²) in [6.07, 6.45) is 6.86. The van der Waals surface area contributed by atoms with Crippen molar-refractivity contribution in [2.75, 3.05) is 13.7 Å². The van der Waals surface area contributed by atoms with Crippen LogP contribution in [0.2, 0.25) is 0 Å². The van der Waals surface area contributed by atoms with Gasteiger partial charge in [0.15, 0.2) is 0 Å². The molecule has 2 heteroatoms. The lowest BCUT2D eigenvalue weighted by atomic mass is 9.92. The van der Waals surface area contributed by atoms with Crippen molar-refractivity contribution >= 4 is 0 Å². The minimum atomic E-state index is 0.498. The molecule has 0 aromatic heterocycles. The van der Waals surface area contributed by atoms with Crippen molar-refractivity contribution in [3.05, 3.63) is 0 Å². The standard InChI is InChI=1S/C12H25NO/c1-4-10(2)9-13-11-6-5-7-12(8-11)14-3/h10-13H,4-9H2,1-3H3. The van der Waals surface area contributed by atoms with E-state index in [0.29, 0.717) is 12.1 Å². The Morgan fingerprint density at radius 2 is 2.21 bits per heavy atom. The van der Waals surface area contributed by atoms with E-state index < -0.39 is 0 Å². The first-order chi connectivity index (χ1) is 6.76. The fourth-order valence-electron chi connectivity index (χ4n) is 2.06. The van der Waals surface area contributed by atoms with Gasteiger partial charge in [0.2, 0.25) is 0 Å². The average molecular weight is 199 g/mol. The summed E-state index contributed by atoms with van der Waals surface area (Å²) < 4.78 is 5.41. The molecule has 14 heavy (non-hydrogen) atoms. The highest BCUT2D eigenvalue weighted by atomic mass is 16.5. The van der Waals surface area contributed by atoms with Crippen LogP contribution in [0.5, 0.6) is 0 Å². The molecular weight excluding hydrogens is 174 g/mol. The smallest absolute Gasteiger partial charge is 0.0586 e. The molecule has 0 radical (unpaired) electrons. The van der Waals surface area contributed by atoms with Gasteiger partial charge in [-0.1, -0.05) is 20.3 Å². The molecule has 1 fully saturated rings. The minimum Gasteiger partial charge on any atom is -0.381 e. The minimum absolute atomic E-state index is 0.498. The number of methoxy groups -OCH3 is 1. The Labute approximate surface area is 88.4 Å². The highest BCUT2D eigenvalue weighted by Gasteiger charge is 2.21. The largest absolute Gasteiger partial charge is 0.381 e. The van der Waals surface area contributed by atoms with E-state index in [0.717, 1.165) is 12.5 Å². The summed E-state index contributed by atoms with van der Waals surface area (Å²) in [5, 5.41) is 3.66. The fourth-order valence-corrected chi connectivity index (χ4v) is 2.06. The molecule has 3 atom stereocenters. The zero-order chi connectivity index (χ0) is 10.4. The van der Waals surface area contributed by atoms with Crippen molar-refractivity contribution in [2.24, 2.45) is 5.92 Å². The third-order valence-electron chi connectivity index (χ3n) is 3.41. The first-order valence-corrected chi connectivity index (χ1v) is 6.02. The van der Waals surface area contributed by atoms with Crippen LogP contribution in [0.4, 0.5) is 0 Å². The maximum Gasteiger partial charge on any atom is 0.0586 e. The Balaban J connectivity index is 2.17. The van der Waals surface area contributed by atoms with Gasteiger partial charge in [-0.15, -0.1) is 0 Å². The van der Waals surface area contributed by atoms with Crippen molar-refractivity contribution in [2.45, 2.75) is 58.1 Å². The lowest BCUT2D eigenvalue weighted by Gasteiger charge is -2.29. The summed E-state index contributed by atoms with van der Waals surface area (Å²) in [6.45, 7) is 5.73. The second-order valence-electron chi connectivity index (χ2n) is 4.64. The number of nitrogens with one attached hydrogen (secondary N) is 1. The van der Waals surface area contributed by atoms with Crippen LogP contribution in [-0.4, -0.2) is 25.8 Å². The summed E-state index contributed by atoms with van der Waals surface area (Å²) in [7, 11) is 1.84. The maximum atomic E-state index is 5.41. The van der Waals surface area contributed by atoms with Crippen LogP contribution in [0, 0.1) is 5.92 Å². The van der Waals surface area contributed by atoms with Crippen molar-refractivity contribution in [1.82, 2.24) is 5.32 Å². The van der Waals surface area contributed by atoms with Gasteiger partial charge in [-0.25, -0.2) is 0 Å². The quantitative estimate of drug-likeness (QED) is 0.735. The SMILES string of the molecule is CCC(C)CNC1CCCC(OC)C1. The van der Waals surface area contributed by atoms with Crippen LogP contribution in [-0.2, 0) is 4.74 Å². The Kier molecular flexibility index (Phi) is 5.49. The molecule has 84 valence electrons. The van der Waals surface area contributed by atoms with E-state index >= 15 is 0 Å². The second-order valence-corrected chi connectivity index (χ2v) is 4.64. The molecule has 0 spiro atoms. The molecule has 0 amide bonds. The molecule has 0 heterocycles. The second kappa shape index (κ2) is 6.41. The van der Waals surface area contributed by atoms with Gasteiger partial charge in [0, 0.05) is 13.2 Å². The predicted octanol–water partition coefficient (Wildman–Crippen LogP) is 2.58. The molecule has 0 bridgehead atoms. The molecule has 1 N–H and O–H groups in total. The van der Waals surface area contributed by atoms with Gasteiger partial charge in [-0.3, -0.25) is 0 Å². The number of hydrogen-bond donors (Lipinski definition) is 1. The molecule has 1 saturated carbocycles. The normalized spacial score (nSPS) is 30.2. The predicted molar refractivity (Wildman–Crippen MR) is 60.5 cm³/mol. The third kappa shape index (κ3) is 3.97. The topological polar surface area (TPSA) is 21.3 Å². The van der Waals surface area contributed by atoms with Gasteiger partial charge in [-0.05, 0) is 38.1 Å². The zero-order valence-corrected chi connectivity index (χ0v) is 9.88. The number of ether oxygens (including phenoxy) is 1. The van der Waals surface area contributed by atoms with Crippen molar-refractivity contribution in [3.63, 3.8) is 0 Å². The Bertz CT molecular complexity index is 149. The van der Waals surface area contributed by atoms with Gasteiger partial charge in [0.1, 0.15) is 0 Å². The van der Waals surface area contributed by atoms with Gasteiger partial charge in [-0.2, -0.15) is 0 Å². The number of rotatable bonds is 5. The maximum absolute atomic E-state index is 5.41. The van der Waals surface area contributed by atoms with E-state index in [1.165, 1.54) is 32.1 Å². The van der Waals surface area contributed by atoms with E-state index in [9.17, 15) is 0 Å². The Morgan fingerprint density at radius 1 is 1.43 bits per heavy atom. The van der Waals surface area contributed by atoms with Crippen LogP contribution in [0.1, 0.15) is 46.0 Å². The Morgan fingerprint density at radius 3 is 2.86 bits per heavy atom. The molecule has 0 saturated heterocycles. The summed E-state index contributed by atoms with van der Waals surface area (Å²) in [5.74, 6) is 0.804. The molecule has 1 rings (SSSR count). The summed E-state index contributed by atoms with van der Waals surface area (Å²) in [4.78, 5) is 0. The average Bonchev–Trinajstić information content (AvgIpc) is 2.26. The molecule has 1 aliphatic rings. The monoisotopic (exact) mass is 199 g/mol. The van der Waals surface area contributed by atoms with Crippen molar-refractivity contribution in [1.29, 1.82) is 0 Å². The summed E-state index contributed by atoms with van der Waals surface area (Å²) in [6, 6.07) is 0.697. The summed E-state index contributed by atoms with van der Waals surface area (Å²) >= 11 is 0. The van der Waals surface area contributed by atoms with Crippen LogP contribution < -0.4 is 5.32 Å². The first kappa shape index (κ1) is 12.0. The van der Waals surface area contributed by atoms with E-state index in [1.807, 2.05) is 7.11 Å². The van der Waals surface area contributed by atoms with E-state index in [4.69, 9.17) is 4.74 Å². The van der Waals surface area contributed by atoms with Gasteiger partial charge in [0.05, 0.1) is 6.10 Å². The van der Waals surface area contributed by atoms with E-state index in [-0.39, 0.29) is 0 Å². The molecule has 1 aliphatic carbocycles. The molecule has 2 nitrogen and oxygen atoms in total. The summed E-state index contributed by atoms with van der Waals surface area (Å²) in [5.41, 5.74) is 0.